The zero-order valence-electron chi connectivity index (χ0n) is 9.64. The Labute approximate surface area is 118 Å². The molecule has 1 amide bonds. The van der Waals surface area contributed by atoms with Crippen LogP contribution in [0, 0.1) is 5.82 Å². The first kappa shape index (κ1) is 13.4. The molecular weight excluding hydrogens is 285 g/mol. The fraction of sp³-hybridized carbons (Fsp3) is 0. The summed E-state index contributed by atoms with van der Waals surface area (Å²) in [5, 5.41) is 4.84. The van der Waals surface area contributed by atoms with E-state index in [1.165, 1.54) is 23.5 Å². The van der Waals surface area contributed by atoms with Gasteiger partial charge in [-0.25, -0.2) is 4.39 Å². The first-order chi connectivity index (χ1) is 9.15. The molecule has 0 spiro atoms. The summed E-state index contributed by atoms with van der Waals surface area (Å²) in [6.07, 6.45) is 0. The Kier molecular flexibility index (Phi) is 4.43. The number of carbonyl (C=O) groups is 1. The molecule has 3 N–H and O–H groups in total. The summed E-state index contributed by atoms with van der Waals surface area (Å²) in [7, 11) is 0. The summed E-state index contributed by atoms with van der Waals surface area (Å²) in [4.78, 5) is 12.2. The van der Waals surface area contributed by atoms with E-state index >= 15 is 0 Å². The molecular formula is C12H10FN3OS2. The zero-order valence-corrected chi connectivity index (χ0v) is 11.3. The Hall–Kier alpha value is -1.99. The number of carbonyl (C=O) groups excluding carboxylic acids is 1. The molecule has 98 valence electrons. The first-order valence-corrected chi connectivity index (χ1v) is 6.60. The summed E-state index contributed by atoms with van der Waals surface area (Å²) >= 11 is 6.32. The van der Waals surface area contributed by atoms with Crippen molar-refractivity contribution in [1.29, 1.82) is 0 Å². The number of benzene rings is 1. The predicted molar refractivity (Wildman–Crippen MR) is 77.5 cm³/mol. The van der Waals surface area contributed by atoms with Crippen LogP contribution in [0.15, 0.2) is 41.8 Å². The van der Waals surface area contributed by atoms with Crippen molar-refractivity contribution in [1.82, 2.24) is 10.9 Å². The second kappa shape index (κ2) is 6.26. The van der Waals surface area contributed by atoms with Crippen molar-refractivity contribution in [3.63, 3.8) is 0 Å². The van der Waals surface area contributed by atoms with E-state index in [0.29, 0.717) is 10.6 Å². The Bertz CT molecular complexity index is 569. The van der Waals surface area contributed by atoms with Gasteiger partial charge >= 0.3 is 0 Å². The van der Waals surface area contributed by atoms with Crippen molar-refractivity contribution in [3.05, 3.63) is 52.5 Å². The average molecular weight is 295 g/mol. The maximum atomic E-state index is 12.7. The number of nitrogens with one attached hydrogen (secondary N) is 3. The highest BCUT2D eigenvalue weighted by molar-refractivity contribution is 7.80. The van der Waals surface area contributed by atoms with E-state index in [4.69, 9.17) is 12.2 Å². The molecule has 19 heavy (non-hydrogen) atoms. The van der Waals surface area contributed by atoms with Crippen molar-refractivity contribution >= 4 is 40.3 Å². The number of halogens is 1. The monoisotopic (exact) mass is 295 g/mol. The Morgan fingerprint density at radius 1 is 1.16 bits per heavy atom. The molecule has 1 aromatic carbocycles. The number of thiocarbonyl (C=S) groups is 1. The molecule has 0 unspecified atom stereocenters. The molecule has 0 aliphatic carbocycles. The smallest absolute Gasteiger partial charge is 0.279 e. The van der Waals surface area contributed by atoms with Gasteiger partial charge < -0.3 is 5.32 Å². The Morgan fingerprint density at radius 3 is 2.53 bits per heavy atom. The molecule has 0 saturated carbocycles. The van der Waals surface area contributed by atoms with Gasteiger partial charge in [0, 0.05) is 5.69 Å². The third kappa shape index (κ3) is 4.01. The van der Waals surface area contributed by atoms with Crippen LogP contribution in [-0.4, -0.2) is 11.0 Å². The molecule has 4 nitrogen and oxygen atoms in total. The van der Waals surface area contributed by atoms with Gasteiger partial charge in [-0.2, -0.15) is 0 Å². The second-order valence-electron chi connectivity index (χ2n) is 3.52. The molecule has 0 aliphatic rings. The number of hydrogen-bond donors (Lipinski definition) is 3. The highest BCUT2D eigenvalue weighted by atomic mass is 32.1. The molecule has 0 saturated heterocycles. The van der Waals surface area contributed by atoms with Crippen molar-refractivity contribution < 1.29 is 9.18 Å². The average Bonchev–Trinajstić information content (AvgIpc) is 2.93. The lowest BCUT2D eigenvalue weighted by atomic mass is 10.3. The Morgan fingerprint density at radius 2 is 1.89 bits per heavy atom. The van der Waals surface area contributed by atoms with Crippen molar-refractivity contribution in [2.24, 2.45) is 0 Å². The van der Waals surface area contributed by atoms with Gasteiger partial charge in [0.2, 0.25) is 0 Å². The summed E-state index contributed by atoms with van der Waals surface area (Å²) < 4.78 is 12.7. The highest BCUT2D eigenvalue weighted by Gasteiger charge is 2.06. The van der Waals surface area contributed by atoms with Crippen LogP contribution in [0.1, 0.15) is 9.67 Å². The van der Waals surface area contributed by atoms with E-state index in [9.17, 15) is 9.18 Å². The minimum Gasteiger partial charge on any atom is -0.331 e. The normalized spacial score (nSPS) is 9.74. The molecule has 0 atom stereocenters. The van der Waals surface area contributed by atoms with Gasteiger partial charge in [-0.1, -0.05) is 6.07 Å². The van der Waals surface area contributed by atoms with E-state index in [0.717, 1.165) is 0 Å². The molecule has 0 fully saturated rings. The van der Waals surface area contributed by atoms with E-state index in [2.05, 4.69) is 16.2 Å². The van der Waals surface area contributed by atoms with Crippen LogP contribution >= 0.6 is 23.6 Å². The van der Waals surface area contributed by atoms with Crippen molar-refractivity contribution in [3.8, 4) is 0 Å². The molecule has 7 heteroatoms. The lowest BCUT2D eigenvalue weighted by Gasteiger charge is -2.10. The van der Waals surface area contributed by atoms with Gasteiger partial charge in [0.15, 0.2) is 5.11 Å². The third-order valence-corrected chi connectivity index (χ3v) is 3.21. The topological polar surface area (TPSA) is 53.2 Å². The van der Waals surface area contributed by atoms with Crippen LogP contribution in [-0.2, 0) is 0 Å². The van der Waals surface area contributed by atoms with Crippen molar-refractivity contribution in [2.75, 3.05) is 5.32 Å². The standard InChI is InChI=1S/C12H10FN3OS2/c13-8-3-5-9(6-4-8)14-12(18)16-15-11(17)10-2-1-7-19-10/h1-7H,(H,15,17)(H2,14,16,18). The number of hydrazine groups is 1. The van der Waals surface area contributed by atoms with Crippen LogP contribution in [0.3, 0.4) is 0 Å². The number of amides is 1. The van der Waals surface area contributed by atoms with Gasteiger partial charge in [0.05, 0.1) is 4.88 Å². The van der Waals surface area contributed by atoms with Crippen LogP contribution < -0.4 is 16.2 Å². The maximum absolute atomic E-state index is 12.7. The molecule has 2 aromatic rings. The van der Waals surface area contributed by atoms with Gasteiger partial charge in [-0.15, -0.1) is 11.3 Å². The summed E-state index contributed by atoms with van der Waals surface area (Å²) in [5.74, 6) is -0.589. The van der Waals surface area contributed by atoms with Gasteiger partial charge in [0.25, 0.3) is 5.91 Å². The van der Waals surface area contributed by atoms with Crippen molar-refractivity contribution in [2.45, 2.75) is 0 Å². The van der Waals surface area contributed by atoms with E-state index in [1.54, 1.807) is 24.3 Å². The molecule has 1 heterocycles. The fourth-order valence-corrected chi connectivity index (χ4v) is 2.07. The fourth-order valence-electron chi connectivity index (χ4n) is 1.28. The van der Waals surface area contributed by atoms with Gasteiger partial charge in [0.1, 0.15) is 5.82 Å². The summed E-state index contributed by atoms with van der Waals surface area (Å²) in [6, 6.07) is 9.21. The van der Waals surface area contributed by atoms with Crippen LogP contribution in [0.4, 0.5) is 10.1 Å². The van der Waals surface area contributed by atoms with Gasteiger partial charge in [-0.05, 0) is 47.9 Å². The Balaban J connectivity index is 1.82. The van der Waals surface area contributed by atoms with Crippen LogP contribution in [0.25, 0.3) is 0 Å². The number of thiophene rings is 1. The lowest BCUT2D eigenvalue weighted by Crippen LogP contribution is -2.43. The van der Waals surface area contributed by atoms with E-state index < -0.39 is 0 Å². The highest BCUT2D eigenvalue weighted by Crippen LogP contribution is 2.08. The molecule has 0 radical (unpaired) electrons. The number of hydrogen-bond acceptors (Lipinski definition) is 3. The summed E-state index contributed by atoms with van der Waals surface area (Å²) in [6.45, 7) is 0. The lowest BCUT2D eigenvalue weighted by molar-refractivity contribution is 0.0948. The second-order valence-corrected chi connectivity index (χ2v) is 4.87. The predicted octanol–water partition coefficient (Wildman–Crippen LogP) is 2.52. The van der Waals surface area contributed by atoms with Crippen LogP contribution in [0.2, 0.25) is 0 Å². The van der Waals surface area contributed by atoms with E-state index in [-0.39, 0.29) is 16.8 Å². The molecule has 1 aromatic heterocycles. The quantitative estimate of drug-likeness (QED) is 0.588. The van der Waals surface area contributed by atoms with Gasteiger partial charge in [-0.3, -0.25) is 15.6 Å². The maximum Gasteiger partial charge on any atom is 0.279 e. The first-order valence-electron chi connectivity index (χ1n) is 5.31. The summed E-state index contributed by atoms with van der Waals surface area (Å²) in [5.41, 5.74) is 5.66. The SMILES string of the molecule is O=C(NNC(=S)Nc1ccc(F)cc1)c1cccs1. The minimum atomic E-state index is -0.324. The van der Waals surface area contributed by atoms with Crippen LogP contribution in [0.5, 0.6) is 0 Å². The minimum absolute atomic E-state index is 0.219. The third-order valence-electron chi connectivity index (χ3n) is 2.14. The van der Waals surface area contributed by atoms with E-state index in [1.807, 2.05) is 5.38 Å². The zero-order chi connectivity index (χ0) is 13.7. The molecule has 2 rings (SSSR count). The number of anilines is 1. The molecule has 0 aliphatic heterocycles. The largest absolute Gasteiger partial charge is 0.331 e. The molecule has 0 bridgehead atoms. The number of rotatable bonds is 2.